The lowest BCUT2D eigenvalue weighted by Gasteiger charge is -2.19. The summed E-state index contributed by atoms with van der Waals surface area (Å²) in [6.07, 6.45) is 2.02. The first-order chi connectivity index (χ1) is 13.8. The molecule has 0 aliphatic heterocycles. The van der Waals surface area contributed by atoms with Gasteiger partial charge in [-0.25, -0.2) is 0 Å². The van der Waals surface area contributed by atoms with Crippen LogP contribution in [0.15, 0.2) is 35.5 Å². The highest BCUT2D eigenvalue weighted by Crippen LogP contribution is 2.28. The van der Waals surface area contributed by atoms with Crippen molar-refractivity contribution in [3.05, 3.63) is 41.1 Å². The average Bonchev–Trinajstić information content (AvgIpc) is 2.66. The molecule has 0 fully saturated rings. The number of nitrogens with one attached hydrogen (secondary N) is 2. The van der Waals surface area contributed by atoms with E-state index in [0.29, 0.717) is 12.8 Å². The van der Waals surface area contributed by atoms with Gasteiger partial charge >= 0.3 is 6.18 Å². The summed E-state index contributed by atoms with van der Waals surface area (Å²) in [5.41, 5.74) is 4.64. The number of benzene rings is 1. The number of phenolic OH excluding ortho intramolecular Hbond substituents is 1. The van der Waals surface area contributed by atoms with Crippen LogP contribution in [0.25, 0.3) is 0 Å². The molecular weight excluding hydrogens is 385 g/mol. The number of phenols is 1. The average molecular weight is 412 g/mol. The normalized spacial score (nSPS) is 19.6. The van der Waals surface area contributed by atoms with Gasteiger partial charge in [0.1, 0.15) is 5.75 Å². The molecule has 1 amide bonds. The number of allylic oxidation sites excluding steroid dienone is 2. The molecule has 0 unspecified atom stereocenters. The van der Waals surface area contributed by atoms with Gasteiger partial charge in [-0.2, -0.15) is 13.2 Å². The Balaban J connectivity index is 2.24. The van der Waals surface area contributed by atoms with Gasteiger partial charge in [0.2, 0.25) is 0 Å². The lowest BCUT2D eigenvalue weighted by molar-refractivity contribution is -0.166. The Hall–Kier alpha value is -2.51. The Labute approximate surface area is 168 Å². The Bertz CT molecular complexity index is 745. The smallest absolute Gasteiger partial charge is 0.454 e. The predicted octanol–water partition coefficient (Wildman–Crippen LogP) is 4.93. The number of para-hydroxylation sites is 1. The SMILES string of the molecule is O=C(NN/C1=C(\C(=O)C(F)(F)F)CCCCCCCCCC1)c1ccccc1O. The van der Waals surface area contributed by atoms with E-state index >= 15 is 0 Å². The highest BCUT2D eigenvalue weighted by Gasteiger charge is 2.41. The zero-order chi connectivity index (χ0) is 21.3. The van der Waals surface area contributed by atoms with Crippen molar-refractivity contribution >= 4 is 11.7 Å². The van der Waals surface area contributed by atoms with E-state index < -0.39 is 17.9 Å². The minimum Gasteiger partial charge on any atom is -0.507 e. The fourth-order valence-electron chi connectivity index (χ4n) is 3.39. The van der Waals surface area contributed by atoms with E-state index in [1.54, 1.807) is 12.1 Å². The van der Waals surface area contributed by atoms with Crippen LogP contribution < -0.4 is 10.9 Å². The second kappa shape index (κ2) is 10.9. The van der Waals surface area contributed by atoms with Crippen LogP contribution in [-0.4, -0.2) is 23.0 Å². The van der Waals surface area contributed by atoms with E-state index in [4.69, 9.17) is 0 Å². The van der Waals surface area contributed by atoms with E-state index in [-0.39, 0.29) is 35.4 Å². The molecule has 8 heteroatoms. The van der Waals surface area contributed by atoms with Crippen molar-refractivity contribution in [2.75, 3.05) is 0 Å². The zero-order valence-corrected chi connectivity index (χ0v) is 16.3. The van der Waals surface area contributed by atoms with E-state index in [0.717, 1.165) is 38.5 Å². The number of rotatable bonds is 4. The second-order valence-corrected chi connectivity index (χ2v) is 7.21. The molecule has 1 aliphatic carbocycles. The molecule has 0 saturated heterocycles. The molecule has 0 aromatic heterocycles. The van der Waals surface area contributed by atoms with Gasteiger partial charge in [0.25, 0.3) is 11.7 Å². The van der Waals surface area contributed by atoms with Crippen molar-refractivity contribution in [1.29, 1.82) is 0 Å². The molecule has 0 atom stereocenters. The number of carbonyl (C=O) groups excluding carboxylic acids is 2. The molecule has 0 spiro atoms. The summed E-state index contributed by atoms with van der Waals surface area (Å²) in [5.74, 6) is -2.81. The summed E-state index contributed by atoms with van der Waals surface area (Å²) in [6.45, 7) is 0. The van der Waals surface area contributed by atoms with Gasteiger partial charge in [-0.1, -0.05) is 50.7 Å². The van der Waals surface area contributed by atoms with Crippen molar-refractivity contribution in [1.82, 2.24) is 10.9 Å². The highest BCUT2D eigenvalue weighted by atomic mass is 19.4. The van der Waals surface area contributed by atoms with E-state index in [2.05, 4.69) is 10.9 Å². The molecule has 160 valence electrons. The van der Waals surface area contributed by atoms with Crippen LogP contribution >= 0.6 is 0 Å². The summed E-state index contributed by atoms with van der Waals surface area (Å²) in [7, 11) is 0. The number of aromatic hydroxyl groups is 1. The number of halogens is 3. The van der Waals surface area contributed by atoms with Gasteiger partial charge < -0.3 is 10.5 Å². The number of hydrazine groups is 1. The van der Waals surface area contributed by atoms with Gasteiger partial charge in [0.05, 0.1) is 5.56 Å². The third-order valence-electron chi connectivity index (χ3n) is 4.97. The molecule has 0 heterocycles. The first-order valence-electron chi connectivity index (χ1n) is 9.98. The molecule has 0 radical (unpaired) electrons. The first-order valence-corrected chi connectivity index (χ1v) is 9.98. The van der Waals surface area contributed by atoms with Crippen LogP contribution in [-0.2, 0) is 4.79 Å². The number of hydrogen-bond donors (Lipinski definition) is 3. The monoisotopic (exact) mass is 412 g/mol. The summed E-state index contributed by atoms with van der Waals surface area (Å²) in [4.78, 5) is 24.3. The second-order valence-electron chi connectivity index (χ2n) is 7.21. The quantitative estimate of drug-likeness (QED) is 0.613. The summed E-state index contributed by atoms with van der Waals surface area (Å²) in [5, 5.41) is 9.77. The van der Waals surface area contributed by atoms with E-state index in [1.807, 2.05) is 0 Å². The van der Waals surface area contributed by atoms with Crippen molar-refractivity contribution in [3.63, 3.8) is 0 Å². The van der Waals surface area contributed by atoms with Crippen molar-refractivity contribution in [2.24, 2.45) is 0 Å². The molecule has 1 aromatic rings. The number of amides is 1. The van der Waals surface area contributed by atoms with Gasteiger partial charge in [-0.15, -0.1) is 0 Å². The Morgan fingerprint density at radius 3 is 2.00 bits per heavy atom. The van der Waals surface area contributed by atoms with Crippen LogP contribution in [0, 0.1) is 0 Å². The molecule has 0 saturated carbocycles. The molecule has 1 aromatic carbocycles. The Morgan fingerprint density at radius 1 is 0.862 bits per heavy atom. The summed E-state index contributed by atoms with van der Waals surface area (Å²) < 4.78 is 39.5. The van der Waals surface area contributed by atoms with Gasteiger partial charge in [0.15, 0.2) is 0 Å². The lowest BCUT2D eigenvalue weighted by Crippen LogP contribution is -2.39. The Morgan fingerprint density at radius 2 is 1.41 bits per heavy atom. The minimum atomic E-state index is -4.97. The minimum absolute atomic E-state index is 0.00708. The van der Waals surface area contributed by atoms with E-state index in [9.17, 15) is 27.9 Å². The fraction of sp³-hybridized carbons (Fsp3) is 0.524. The van der Waals surface area contributed by atoms with Gasteiger partial charge in [0, 0.05) is 11.3 Å². The zero-order valence-electron chi connectivity index (χ0n) is 16.3. The molecule has 1 aliphatic rings. The standard InChI is InChI=1S/C21H27F3N2O3/c22-21(23,24)19(28)15-11-7-5-3-1-2-4-6-8-13-17(15)25-26-20(29)16-12-9-10-14-18(16)27/h9-10,12,14,25,27H,1-8,11,13H2,(H,26,29)/b17-15-. The van der Waals surface area contributed by atoms with Crippen LogP contribution in [0.4, 0.5) is 13.2 Å². The maximum atomic E-state index is 13.2. The van der Waals surface area contributed by atoms with E-state index in [1.165, 1.54) is 12.1 Å². The largest absolute Gasteiger partial charge is 0.507 e. The molecule has 2 rings (SSSR count). The summed E-state index contributed by atoms with van der Waals surface area (Å²) in [6, 6.07) is 5.84. The fourth-order valence-corrected chi connectivity index (χ4v) is 3.39. The third-order valence-corrected chi connectivity index (χ3v) is 4.97. The summed E-state index contributed by atoms with van der Waals surface area (Å²) >= 11 is 0. The maximum absolute atomic E-state index is 13.2. The van der Waals surface area contributed by atoms with Crippen molar-refractivity contribution in [2.45, 2.75) is 70.4 Å². The van der Waals surface area contributed by atoms with Crippen molar-refractivity contribution in [3.8, 4) is 5.75 Å². The molecule has 0 bridgehead atoms. The third kappa shape index (κ3) is 7.11. The van der Waals surface area contributed by atoms with Gasteiger partial charge in [-0.3, -0.25) is 15.0 Å². The predicted molar refractivity (Wildman–Crippen MR) is 103 cm³/mol. The topological polar surface area (TPSA) is 78.4 Å². The first kappa shape index (κ1) is 22.8. The highest BCUT2D eigenvalue weighted by molar-refractivity contribution is 6.00. The van der Waals surface area contributed by atoms with Crippen molar-refractivity contribution < 1.29 is 27.9 Å². The van der Waals surface area contributed by atoms with Crippen LogP contribution in [0.2, 0.25) is 0 Å². The maximum Gasteiger partial charge on any atom is 0.454 e. The molecule has 29 heavy (non-hydrogen) atoms. The number of Topliss-reactive ketones (excluding diaryl/α,β-unsaturated/α-hetero) is 1. The number of carbonyl (C=O) groups is 2. The lowest BCUT2D eigenvalue weighted by atomic mass is 9.96. The van der Waals surface area contributed by atoms with Crippen LogP contribution in [0.1, 0.15) is 74.6 Å². The van der Waals surface area contributed by atoms with Crippen LogP contribution in [0.3, 0.4) is 0 Å². The molecule has 5 nitrogen and oxygen atoms in total. The number of ketones is 1. The number of hydrogen-bond acceptors (Lipinski definition) is 4. The molecular formula is C21H27F3N2O3. The Kier molecular flexibility index (Phi) is 8.54. The van der Waals surface area contributed by atoms with Crippen LogP contribution in [0.5, 0.6) is 5.75 Å². The molecule has 3 N–H and O–H groups in total. The van der Waals surface area contributed by atoms with Gasteiger partial charge in [-0.05, 0) is 37.8 Å². The number of alkyl halides is 3.